The van der Waals surface area contributed by atoms with Gasteiger partial charge in [0.25, 0.3) is 0 Å². The fourth-order valence-electron chi connectivity index (χ4n) is 0.511. The Labute approximate surface area is 81.3 Å². The van der Waals surface area contributed by atoms with E-state index in [1.807, 2.05) is 31.0 Å². The van der Waals surface area contributed by atoms with Crippen molar-refractivity contribution < 1.29 is 21.7 Å². The van der Waals surface area contributed by atoms with Crippen molar-refractivity contribution in [2.24, 2.45) is 5.92 Å². The summed E-state index contributed by atoms with van der Waals surface area (Å²) < 4.78 is 7.17. The molecule has 3 heteroatoms. The lowest BCUT2D eigenvalue weighted by molar-refractivity contribution is -0.458. The van der Waals surface area contributed by atoms with Gasteiger partial charge in [-0.05, 0) is 5.92 Å². The zero-order valence-electron chi connectivity index (χ0n) is 8.25. The zero-order chi connectivity index (χ0) is 8.69. The molecule has 0 spiro atoms. The molecule has 0 aliphatic rings. The van der Waals surface area contributed by atoms with Crippen LogP contribution in [-0.4, -0.2) is 31.5 Å². The van der Waals surface area contributed by atoms with E-state index in [0.717, 1.165) is 6.61 Å². The van der Waals surface area contributed by atoms with Gasteiger partial charge < -0.3 is 17.1 Å². The number of allylic oxidation sites excluding steroid dienone is 1. The number of ether oxygens (including phenoxy) is 1. The third kappa shape index (κ3) is 12.2. The lowest BCUT2D eigenvalue weighted by Gasteiger charge is -2.01. The molecule has 0 heterocycles. The summed E-state index contributed by atoms with van der Waals surface area (Å²) in [5.74, 6) is 0.596. The summed E-state index contributed by atoms with van der Waals surface area (Å²) in [6.45, 7) is 5.05. The van der Waals surface area contributed by atoms with Gasteiger partial charge in [-0.15, -0.1) is 0 Å². The third-order valence-corrected chi connectivity index (χ3v) is 0.989. The van der Waals surface area contributed by atoms with Crippen LogP contribution in [0.3, 0.4) is 0 Å². The van der Waals surface area contributed by atoms with Crippen molar-refractivity contribution in [3.05, 3.63) is 12.3 Å². The predicted octanol–water partition coefficient (Wildman–Crippen LogP) is -1.48. The Balaban J connectivity index is 0. The van der Waals surface area contributed by atoms with Gasteiger partial charge in [0.2, 0.25) is 0 Å². The van der Waals surface area contributed by atoms with Crippen molar-refractivity contribution in [2.75, 3.05) is 20.7 Å². The Morgan fingerprint density at radius 3 is 2.33 bits per heavy atom. The van der Waals surface area contributed by atoms with Crippen LogP contribution in [0.4, 0.5) is 0 Å². The number of halogens is 1. The molecule has 0 aliphatic heterocycles. The maximum absolute atomic E-state index is 5.21. The van der Waals surface area contributed by atoms with Crippen molar-refractivity contribution in [1.82, 2.24) is 0 Å². The molecule has 0 amide bonds. The van der Waals surface area contributed by atoms with E-state index < -0.39 is 0 Å². The average Bonchev–Trinajstić information content (AvgIpc) is 1.85. The van der Waals surface area contributed by atoms with Gasteiger partial charge in [0.15, 0.2) is 6.21 Å². The molecule has 0 rings (SSSR count). The van der Waals surface area contributed by atoms with E-state index in [0.29, 0.717) is 5.92 Å². The van der Waals surface area contributed by atoms with Crippen molar-refractivity contribution >= 4 is 6.21 Å². The highest BCUT2D eigenvalue weighted by molar-refractivity contribution is 5.65. The van der Waals surface area contributed by atoms with Crippen LogP contribution < -0.4 is 12.4 Å². The average molecular weight is 192 g/mol. The van der Waals surface area contributed by atoms with Crippen molar-refractivity contribution in [3.8, 4) is 0 Å². The van der Waals surface area contributed by atoms with E-state index in [-0.39, 0.29) is 12.4 Å². The highest BCUT2D eigenvalue weighted by Crippen LogP contribution is 1.91. The molecule has 0 atom stereocenters. The minimum absolute atomic E-state index is 0. The summed E-state index contributed by atoms with van der Waals surface area (Å²) in [5, 5.41) is 0. The topological polar surface area (TPSA) is 12.2 Å². The Bertz CT molecular complexity index is 149. The smallest absolute Gasteiger partial charge is 0.165 e. The van der Waals surface area contributed by atoms with Gasteiger partial charge in [0.1, 0.15) is 14.1 Å². The molecule has 2 nitrogen and oxygen atoms in total. The summed E-state index contributed by atoms with van der Waals surface area (Å²) in [7, 11) is 3.96. The Morgan fingerprint density at radius 1 is 1.33 bits per heavy atom. The van der Waals surface area contributed by atoms with E-state index >= 15 is 0 Å². The first-order valence-corrected chi connectivity index (χ1v) is 3.91. The molecule has 72 valence electrons. The summed E-state index contributed by atoms with van der Waals surface area (Å²) in [5.41, 5.74) is 0. The Hall–Kier alpha value is -0.500. The summed E-state index contributed by atoms with van der Waals surface area (Å²) in [6.07, 6.45) is 5.56. The SMILES string of the molecule is CC(C)CO/C=C/C=[N+](C)C.[Cl-]. The van der Waals surface area contributed by atoms with Gasteiger partial charge in [-0.2, -0.15) is 0 Å². The van der Waals surface area contributed by atoms with Crippen molar-refractivity contribution in [1.29, 1.82) is 0 Å². The number of rotatable bonds is 4. The minimum Gasteiger partial charge on any atom is -1.00 e. The Morgan fingerprint density at radius 2 is 1.92 bits per heavy atom. The maximum atomic E-state index is 5.21. The molecule has 0 aliphatic carbocycles. The van der Waals surface area contributed by atoms with Gasteiger partial charge >= 0.3 is 0 Å². The van der Waals surface area contributed by atoms with Gasteiger partial charge in [-0.3, -0.25) is 0 Å². The number of hydrogen-bond acceptors (Lipinski definition) is 1. The molecule has 0 radical (unpaired) electrons. The standard InChI is InChI=1S/C9H18NO.ClH/c1-9(2)8-11-7-5-6-10(3)4;/h5-7,9H,8H2,1-4H3;1H/q+1;/p-1/b7-5+;. The van der Waals surface area contributed by atoms with Crippen LogP contribution in [0.25, 0.3) is 0 Å². The quantitative estimate of drug-likeness (QED) is 0.300. The molecule has 0 fully saturated rings. The predicted molar refractivity (Wildman–Crippen MR) is 48.1 cm³/mol. The molecule has 12 heavy (non-hydrogen) atoms. The minimum atomic E-state index is 0. The molecular formula is C9H18ClNO. The van der Waals surface area contributed by atoms with Crippen molar-refractivity contribution in [3.63, 3.8) is 0 Å². The summed E-state index contributed by atoms with van der Waals surface area (Å²) in [6, 6.07) is 0. The van der Waals surface area contributed by atoms with Gasteiger partial charge in [-0.1, -0.05) is 13.8 Å². The first-order valence-electron chi connectivity index (χ1n) is 3.91. The van der Waals surface area contributed by atoms with Crippen LogP contribution in [0, 0.1) is 5.92 Å². The van der Waals surface area contributed by atoms with E-state index in [1.165, 1.54) is 0 Å². The molecular weight excluding hydrogens is 174 g/mol. The molecule has 0 unspecified atom stereocenters. The van der Waals surface area contributed by atoms with Crippen LogP contribution in [0.5, 0.6) is 0 Å². The molecule has 0 aromatic carbocycles. The molecule has 0 aromatic heterocycles. The monoisotopic (exact) mass is 191 g/mol. The van der Waals surface area contributed by atoms with E-state index in [1.54, 1.807) is 6.26 Å². The van der Waals surface area contributed by atoms with Gasteiger partial charge in [0.05, 0.1) is 12.9 Å². The van der Waals surface area contributed by atoms with Gasteiger partial charge in [0, 0.05) is 6.08 Å². The van der Waals surface area contributed by atoms with Gasteiger partial charge in [-0.25, -0.2) is 4.58 Å². The largest absolute Gasteiger partial charge is 1.00 e. The van der Waals surface area contributed by atoms with Crippen LogP contribution in [0.15, 0.2) is 12.3 Å². The number of nitrogens with zero attached hydrogens (tertiary/aromatic N) is 1. The van der Waals surface area contributed by atoms with Crippen LogP contribution in [0.2, 0.25) is 0 Å². The van der Waals surface area contributed by atoms with Crippen molar-refractivity contribution in [2.45, 2.75) is 13.8 Å². The van der Waals surface area contributed by atoms with Crippen LogP contribution >= 0.6 is 0 Å². The fraction of sp³-hybridized carbons (Fsp3) is 0.667. The summed E-state index contributed by atoms with van der Waals surface area (Å²) in [4.78, 5) is 0. The highest BCUT2D eigenvalue weighted by Gasteiger charge is 1.88. The highest BCUT2D eigenvalue weighted by atomic mass is 35.5. The molecule has 0 N–H and O–H groups in total. The molecule has 0 saturated carbocycles. The first-order chi connectivity index (χ1) is 5.13. The van der Waals surface area contributed by atoms with E-state index in [4.69, 9.17) is 4.74 Å². The number of hydrogen-bond donors (Lipinski definition) is 0. The second kappa shape index (κ2) is 8.60. The molecule has 0 bridgehead atoms. The van der Waals surface area contributed by atoms with Crippen LogP contribution in [0.1, 0.15) is 13.8 Å². The molecule has 0 saturated heterocycles. The van der Waals surface area contributed by atoms with E-state index in [9.17, 15) is 0 Å². The molecule has 0 aromatic rings. The lowest BCUT2D eigenvalue weighted by Crippen LogP contribution is -3.00. The van der Waals surface area contributed by atoms with E-state index in [2.05, 4.69) is 13.8 Å². The Kier molecular flexibility index (Phi) is 10.1. The lowest BCUT2D eigenvalue weighted by atomic mass is 10.2. The second-order valence-electron chi connectivity index (χ2n) is 3.17. The maximum Gasteiger partial charge on any atom is 0.165 e. The first kappa shape index (κ1) is 14.0. The summed E-state index contributed by atoms with van der Waals surface area (Å²) >= 11 is 0. The zero-order valence-corrected chi connectivity index (χ0v) is 9.01. The second-order valence-corrected chi connectivity index (χ2v) is 3.17. The normalized spacial score (nSPS) is 9.75. The third-order valence-electron chi connectivity index (χ3n) is 0.989. The van der Waals surface area contributed by atoms with Crippen LogP contribution in [-0.2, 0) is 4.74 Å². The fourth-order valence-corrected chi connectivity index (χ4v) is 0.511.